The molecule has 0 saturated carbocycles. The van der Waals surface area contributed by atoms with Crippen molar-refractivity contribution in [2.75, 3.05) is 18.1 Å². The van der Waals surface area contributed by atoms with Gasteiger partial charge in [0.25, 0.3) is 5.91 Å². The third kappa shape index (κ3) is 6.80. The molecule has 1 N–H and O–H groups in total. The summed E-state index contributed by atoms with van der Waals surface area (Å²) < 4.78 is 52.7. The molecule has 1 aliphatic heterocycles. The Morgan fingerprint density at radius 3 is 2.17 bits per heavy atom. The Morgan fingerprint density at radius 1 is 1.09 bits per heavy atom. The number of rotatable bonds is 7. The maximum Gasteiger partial charge on any atom is 0.261 e. The van der Waals surface area contributed by atoms with Crippen LogP contribution >= 0.6 is 15.9 Å². The lowest BCUT2D eigenvalue weighted by molar-refractivity contribution is -0.131. The topological polar surface area (TPSA) is 102 Å². The Hall–Kier alpha value is -1.57. The minimum atomic E-state index is -4.02. The maximum absolute atomic E-state index is 13.4. The minimum absolute atomic E-state index is 0.0235. The van der Waals surface area contributed by atoms with Crippen LogP contribution in [0.25, 0.3) is 0 Å². The normalized spacial score (nSPS) is 19.8. The van der Waals surface area contributed by atoms with E-state index in [0.717, 1.165) is 8.78 Å². The number of hydrogen-bond acceptors (Lipinski definition) is 6. The van der Waals surface area contributed by atoms with Crippen molar-refractivity contribution in [1.82, 2.24) is 9.79 Å². The molecule has 0 radical (unpaired) electrons. The van der Waals surface area contributed by atoms with Crippen LogP contribution in [0, 0.1) is 0 Å². The van der Waals surface area contributed by atoms with Gasteiger partial charge in [-0.1, -0.05) is 36.7 Å². The van der Waals surface area contributed by atoms with Gasteiger partial charge in [-0.2, -0.15) is 4.31 Å². The van der Waals surface area contributed by atoms with Gasteiger partial charge in [-0.3, -0.25) is 9.00 Å². The Bertz CT molecular complexity index is 1180. The highest BCUT2D eigenvalue weighted by molar-refractivity contribution is 9.10. The highest BCUT2D eigenvalue weighted by atomic mass is 79.9. The van der Waals surface area contributed by atoms with Crippen LogP contribution in [0.2, 0.25) is 18.1 Å². The molecule has 0 spiro atoms. The quantitative estimate of drug-likeness (QED) is 0.372. The molecule has 3 rings (SSSR count). The van der Waals surface area contributed by atoms with Gasteiger partial charge in [-0.15, -0.1) is 0 Å². The lowest BCUT2D eigenvalue weighted by atomic mass is 10.2. The highest BCUT2D eigenvalue weighted by Crippen LogP contribution is 2.36. The Morgan fingerprint density at radius 2 is 1.63 bits per heavy atom. The van der Waals surface area contributed by atoms with Crippen molar-refractivity contribution < 1.29 is 26.7 Å². The van der Waals surface area contributed by atoms with Crippen LogP contribution < -0.4 is 10.2 Å². The number of hydrogen-bond donors (Lipinski definition) is 1. The lowest BCUT2D eigenvalue weighted by Crippen LogP contribution is -2.58. The zero-order chi connectivity index (χ0) is 26.0. The summed E-state index contributed by atoms with van der Waals surface area (Å²) in [5.74, 6) is 0.554. The summed E-state index contributed by atoms with van der Waals surface area (Å²) in [4.78, 5) is 13.0. The fraction of sp³-hybridized carbons (Fsp3) is 0.435. The number of benzene rings is 2. The van der Waals surface area contributed by atoms with E-state index < -0.39 is 41.1 Å². The van der Waals surface area contributed by atoms with Crippen molar-refractivity contribution in [1.29, 1.82) is 0 Å². The Kier molecular flexibility index (Phi) is 8.65. The van der Waals surface area contributed by atoms with E-state index in [-0.39, 0.29) is 28.0 Å². The molecule has 192 valence electrons. The fourth-order valence-corrected chi connectivity index (χ4v) is 7.01. The van der Waals surface area contributed by atoms with Crippen LogP contribution in [0.4, 0.5) is 0 Å². The lowest BCUT2D eigenvalue weighted by Gasteiger charge is -2.37. The van der Waals surface area contributed by atoms with Crippen LogP contribution in [0.3, 0.4) is 0 Å². The molecule has 0 aliphatic carbocycles. The predicted octanol–water partition coefficient (Wildman–Crippen LogP) is 4.42. The van der Waals surface area contributed by atoms with Crippen molar-refractivity contribution in [3.63, 3.8) is 0 Å². The molecule has 12 heteroatoms. The van der Waals surface area contributed by atoms with Crippen molar-refractivity contribution >= 4 is 51.0 Å². The number of amides is 1. The number of hydroxylamine groups is 1. The van der Waals surface area contributed by atoms with Crippen molar-refractivity contribution in [3.8, 4) is 11.5 Å². The summed E-state index contributed by atoms with van der Waals surface area (Å²) in [6.45, 7) is 10.0. The average molecular weight is 604 g/mol. The Labute approximate surface area is 219 Å². The largest absolute Gasteiger partial charge is 0.457 e. The van der Waals surface area contributed by atoms with Gasteiger partial charge in [-0.05, 0) is 66.7 Å². The molecule has 8 nitrogen and oxygen atoms in total. The van der Waals surface area contributed by atoms with Crippen LogP contribution in [-0.4, -0.2) is 55.2 Å². The summed E-state index contributed by atoms with van der Waals surface area (Å²) >= 11 is 3.37. The van der Waals surface area contributed by atoms with Gasteiger partial charge in [0.2, 0.25) is 18.3 Å². The molecule has 1 saturated heterocycles. The van der Waals surface area contributed by atoms with E-state index in [1.165, 1.54) is 12.1 Å². The number of sulfonamides is 1. The number of nitrogens with one attached hydrogen (secondary N) is 1. The third-order valence-electron chi connectivity index (χ3n) is 6.23. The summed E-state index contributed by atoms with van der Waals surface area (Å²) in [6, 6.07) is 12.1. The summed E-state index contributed by atoms with van der Waals surface area (Å²) in [7, 11) is -7.65. The molecule has 0 aromatic heterocycles. The molecular weight excluding hydrogens is 572 g/mol. The van der Waals surface area contributed by atoms with Gasteiger partial charge in [0.1, 0.15) is 17.5 Å². The van der Waals surface area contributed by atoms with E-state index in [2.05, 4.69) is 21.4 Å². The van der Waals surface area contributed by atoms with Crippen molar-refractivity contribution in [3.05, 3.63) is 53.0 Å². The smallest absolute Gasteiger partial charge is 0.261 e. The van der Waals surface area contributed by atoms with Gasteiger partial charge in [0.15, 0.2) is 0 Å². The van der Waals surface area contributed by atoms with E-state index in [1.807, 2.05) is 46.0 Å². The van der Waals surface area contributed by atoms with Gasteiger partial charge < -0.3 is 9.26 Å². The van der Waals surface area contributed by atoms with E-state index in [0.29, 0.717) is 11.5 Å². The molecule has 35 heavy (non-hydrogen) atoms. The first-order valence-electron chi connectivity index (χ1n) is 11.1. The zero-order valence-electron chi connectivity index (χ0n) is 20.4. The van der Waals surface area contributed by atoms with E-state index in [9.17, 15) is 17.4 Å². The Balaban J connectivity index is 1.77. The fourth-order valence-electron chi connectivity index (χ4n) is 3.04. The van der Waals surface area contributed by atoms with E-state index in [1.54, 1.807) is 24.3 Å². The first kappa shape index (κ1) is 28.0. The second-order valence-electron chi connectivity index (χ2n) is 9.80. The summed E-state index contributed by atoms with van der Waals surface area (Å²) in [5.41, 5.74) is 2.47. The molecular formula is C23H31BrN2O6S2Si. The van der Waals surface area contributed by atoms with Crippen LogP contribution in [-0.2, 0) is 30.1 Å². The number of carbonyl (C=O) groups excluding carboxylic acids is 1. The molecule has 1 fully saturated rings. The SMILES string of the molecule is CC(C)(C)[Si](C)(C)ONC(=O)C1CS(=O)CCN1S(=O)(=O)c1ccc(Oc2ccc(Br)cc2)cc1. The molecule has 2 unspecified atom stereocenters. The second-order valence-corrected chi connectivity index (χ2v) is 19.0. The van der Waals surface area contributed by atoms with Crippen molar-refractivity contribution in [2.45, 2.75) is 49.8 Å². The molecule has 2 aromatic rings. The molecule has 1 amide bonds. The second kappa shape index (κ2) is 10.8. The standard InChI is InChI=1S/C23H31BrN2O6S2Si/c1-23(2,3)35(4,5)32-25-22(27)21-16-33(28)15-14-26(21)34(29,30)20-12-10-19(11-13-20)31-18-8-6-17(24)7-9-18/h6-13,21H,14-16H2,1-5H3,(H,25,27). The molecule has 1 aliphatic rings. The van der Waals surface area contributed by atoms with Crippen LogP contribution in [0.15, 0.2) is 57.9 Å². The number of halogens is 1. The summed E-state index contributed by atoms with van der Waals surface area (Å²) in [5, 5.41) is -0.151. The average Bonchev–Trinajstić information content (AvgIpc) is 2.78. The van der Waals surface area contributed by atoms with Crippen LogP contribution in [0.1, 0.15) is 20.8 Å². The van der Waals surface area contributed by atoms with Gasteiger partial charge in [-0.25, -0.2) is 13.9 Å². The van der Waals surface area contributed by atoms with Gasteiger partial charge in [0.05, 0.1) is 4.90 Å². The summed E-state index contributed by atoms with van der Waals surface area (Å²) in [6.07, 6.45) is 0. The van der Waals surface area contributed by atoms with Gasteiger partial charge >= 0.3 is 0 Å². The highest BCUT2D eigenvalue weighted by Gasteiger charge is 2.43. The third-order valence-corrected chi connectivity index (χ3v) is 14.2. The minimum Gasteiger partial charge on any atom is -0.457 e. The number of carbonyl (C=O) groups is 1. The monoisotopic (exact) mass is 602 g/mol. The number of nitrogens with zero attached hydrogens (tertiary/aromatic N) is 1. The van der Waals surface area contributed by atoms with E-state index >= 15 is 0 Å². The molecule has 2 atom stereocenters. The first-order valence-corrected chi connectivity index (χ1v) is 17.7. The predicted molar refractivity (Wildman–Crippen MR) is 143 cm³/mol. The molecule has 2 aromatic carbocycles. The van der Waals surface area contributed by atoms with E-state index in [4.69, 9.17) is 9.26 Å². The number of ether oxygens (including phenoxy) is 1. The van der Waals surface area contributed by atoms with Crippen LogP contribution in [0.5, 0.6) is 11.5 Å². The van der Waals surface area contributed by atoms with Gasteiger partial charge in [0, 0.05) is 33.3 Å². The molecule has 0 bridgehead atoms. The first-order chi connectivity index (χ1) is 16.2. The maximum atomic E-state index is 13.4. The zero-order valence-corrected chi connectivity index (χ0v) is 24.6. The molecule has 1 heterocycles. The van der Waals surface area contributed by atoms with Crippen molar-refractivity contribution in [2.24, 2.45) is 0 Å².